The first-order valence-corrected chi connectivity index (χ1v) is 11.8. The molecule has 6 nitrogen and oxygen atoms in total. The topological polar surface area (TPSA) is 65.1 Å². The zero-order chi connectivity index (χ0) is 23.2. The van der Waals surface area contributed by atoms with Crippen molar-refractivity contribution in [1.29, 1.82) is 0 Å². The van der Waals surface area contributed by atoms with Gasteiger partial charge in [-0.05, 0) is 60.4 Å². The van der Waals surface area contributed by atoms with Gasteiger partial charge in [0.1, 0.15) is 15.8 Å². The Balaban J connectivity index is 1.34. The number of methoxy groups -OCH3 is 1. The van der Waals surface area contributed by atoms with Gasteiger partial charge >= 0.3 is 5.97 Å². The van der Waals surface area contributed by atoms with Crippen molar-refractivity contribution in [2.75, 3.05) is 20.3 Å². The Kier molecular flexibility index (Phi) is 7.59. The van der Waals surface area contributed by atoms with Gasteiger partial charge in [-0.25, -0.2) is 4.79 Å². The molecule has 1 unspecified atom stereocenters. The third-order valence-electron chi connectivity index (χ3n) is 5.21. The van der Waals surface area contributed by atoms with Crippen LogP contribution in [-0.2, 0) is 14.3 Å². The van der Waals surface area contributed by atoms with Crippen molar-refractivity contribution in [3.63, 3.8) is 0 Å². The van der Waals surface area contributed by atoms with Crippen molar-refractivity contribution >= 4 is 52.3 Å². The predicted molar refractivity (Wildman–Crippen MR) is 133 cm³/mol. The Morgan fingerprint density at radius 3 is 2.52 bits per heavy atom. The highest BCUT2D eigenvalue weighted by molar-refractivity contribution is 8.26. The lowest BCUT2D eigenvalue weighted by Gasteiger charge is -2.18. The number of carbonyl (C=O) groups excluding carboxylic acids is 2. The lowest BCUT2D eigenvalue weighted by molar-refractivity contribution is -0.129. The van der Waals surface area contributed by atoms with Crippen LogP contribution in [0, 0.1) is 0 Å². The molecule has 2 aliphatic heterocycles. The molecule has 0 aliphatic carbocycles. The molecule has 0 radical (unpaired) electrons. The second kappa shape index (κ2) is 10.8. The van der Waals surface area contributed by atoms with E-state index in [1.165, 1.54) is 17.8 Å². The summed E-state index contributed by atoms with van der Waals surface area (Å²) in [5, 5.41) is 0. The van der Waals surface area contributed by atoms with E-state index < -0.39 is 5.97 Å². The van der Waals surface area contributed by atoms with Crippen molar-refractivity contribution in [1.82, 2.24) is 4.90 Å². The minimum Gasteiger partial charge on any atom is -0.497 e. The maximum atomic E-state index is 12.8. The molecule has 0 aromatic heterocycles. The van der Waals surface area contributed by atoms with Gasteiger partial charge in [0.2, 0.25) is 0 Å². The predicted octanol–water partition coefficient (Wildman–Crippen LogP) is 4.69. The van der Waals surface area contributed by atoms with Crippen LogP contribution < -0.4 is 9.47 Å². The first kappa shape index (κ1) is 23.2. The summed E-state index contributed by atoms with van der Waals surface area (Å²) in [7, 11) is 1.60. The van der Waals surface area contributed by atoms with Crippen LogP contribution in [-0.4, -0.2) is 47.5 Å². The zero-order valence-corrected chi connectivity index (χ0v) is 19.7. The van der Waals surface area contributed by atoms with Gasteiger partial charge in [0.25, 0.3) is 5.91 Å². The van der Waals surface area contributed by atoms with Crippen LogP contribution in [0.4, 0.5) is 0 Å². The molecule has 8 heteroatoms. The normalized spacial score (nSPS) is 19.6. The van der Waals surface area contributed by atoms with Gasteiger partial charge in [-0.1, -0.05) is 48.2 Å². The highest BCUT2D eigenvalue weighted by atomic mass is 32.2. The van der Waals surface area contributed by atoms with Gasteiger partial charge < -0.3 is 14.2 Å². The number of nitrogens with zero attached hydrogens (tertiary/aromatic N) is 1. The van der Waals surface area contributed by atoms with Gasteiger partial charge in [0.15, 0.2) is 0 Å². The molecule has 4 rings (SSSR count). The highest BCUT2D eigenvalue weighted by Gasteiger charge is 2.34. The quantitative estimate of drug-likeness (QED) is 0.246. The number of amides is 1. The van der Waals surface area contributed by atoms with Crippen LogP contribution in [0.15, 0.2) is 59.5 Å². The number of benzene rings is 2. The molecule has 1 amide bonds. The van der Waals surface area contributed by atoms with E-state index in [0.29, 0.717) is 21.5 Å². The fourth-order valence-electron chi connectivity index (χ4n) is 3.46. The minimum atomic E-state index is -0.478. The Bertz CT molecular complexity index is 1090. The highest BCUT2D eigenvalue weighted by Crippen LogP contribution is 2.33. The van der Waals surface area contributed by atoms with Crippen LogP contribution in [0.2, 0.25) is 0 Å². The molecule has 0 N–H and O–H groups in total. The second-order valence-corrected chi connectivity index (χ2v) is 9.20. The summed E-state index contributed by atoms with van der Waals surface area (Å²) in [6.07, 6.45) is 6.86. The lowest BCUT2D eigenvalue weighted by Crippen LogP contribution is -2.35. The van der Waals surface area contributed by atoms with E-state index in [-0.39, 0.29) is 12.0 Å². The van der Waals surface area contributed by atoms with Gasteiger partial charge in [-0.15, -0.1) is 0 Å². The van der Waals surface area contributed by atoms with Crippen LogP contribution >= 0.6 is 24.0 Å². The maximum Gasteiger partial charge on any atom is 0.336 e. The Hall–Kier alpha value is -2.94. The monoisotopic (exact) mass is 481 g/mol. The van der Waals surface area contributed by atoms with Gasteiger partial charge in [-0.3, -0.25) is 9.69 Å². The summed E-state index contributed by atoms with van der Waals surface area (Å²) >= 11 is 6.68. The van der Waals surface area contributed by atoms with Crippen molar-refractivity contribution in [3.8, 4) is 11.5 Å². The Labute approximate surface area is 202 Å². The van der Waals surface area contributed by atoms with E-state index in [0.717, 1.165) is 36.3 Å². The van der Waals surface area contributed by atoms with Crippen molar-refractivity contribution in [2.45, 2.75) is 18.9 Å². The van der Waals surface area contributed by atoms with Crippen molar-refractivity contribution in [2.24, 2.45) is 0 Å². The lowest BCUT2D eigenvalue weighted by atomic mass is 10.2. The summed E-state index contributed by atoms with van der Waals surface area (Å²) in [6, 6.07) is 14.3. The third-order valence-corrected chi connectivity index (χ3v) is 6.59. The van der Waals surface area contributed by atoms with Crippen molar-refractivity contribution < 1.29 is 23.8 Å². The standard InChI is InChI=1S/C25H23NO5S2/c1-29-19-9-4-17(5-10-19)8-13-23(27)31-20-11-6-18(7-12-20)15-22-24(28)26(25(32)33-22)16-21-3-2-14-30-21/h4-13,15,21H,2-3,14,16H2,1H3/b13-8+,22-15-. The number of thioether (sulfide) groups is 1. The number of hydrogen-bond donors (Lipinski definition) is 0. The van der Waals surface area contributed by atoms with E-state index in [1.54, 1.807) is 48.4 Å². The van der Waals surface area contributed by atoms with Crippen LogP contribution in [0.3, 0.4) is 0 Å². The summed E-state index contributed by atoms with van der Waals surface area (Å²) < 4.78 is 16.6. The van der Waals surface area contributed by atoms with Crippen LogP contribution in [0.1, 0.15) is 24.0 Å². The van der Waals surface area contributed by atoms with E-state index in [1.807, 2.05) is 24.3 Å². The fraction of sp³-hybridized carbons (Fsp3) is 0.240. The molecule has 2 heterocycles. The number of esters is 1. The molecule has 2 fully saturated rings. The van der Waals surface area contributed by atoms with E-state index in [2.05, 4.69) is 0 Å². The summed E-state index contributed by atoms with van der Waals surface area (Å²) in [6.45, 7) is 1.24. The van der Waals surface area contributed by atoms with E-state index in [9.17, 15) is 9.59 Å². The molecule has 2 aromatic rings. The summed E-state index contributed by atoms with van der Waals surface area (Å²) in [4.78, 5) is 27.1. The second-order valence-electron chi connectivity index (χ2n) is 7.52. The molecule has 170 valence electrons. The number of hydrogen-bond acceptors (Lipinski definition) is 7. The molecular weight excluding hydrogens is 458 g/mol. The molecule has 33 heavy (non-hydrogen) atoms. The number of carbonyl (C=O) groups is 2. The third kappa shape index (κ3) is 6.10. The van der Waals surface area contributed by atoms with Crippen LogP contribution in [0.5, 0.6) is 11.5 Å². The molecule has 2 aliphatic rings. The number of thiocarbonyl (C=S) groups is 1. The molecule has 0 spiro atoms. The van der Waals surface area contributed by atoms with Gasteiger partial charge in [0, 0.05) is 12.7 Å². The Morgan fingerprint density at radius 1 is 1.15 bits per heavy atom. The average molecular weight is 482 g/mol. The molecule has 0 bridgehead atoms. The smallest absolute Gasteiger partial charge is 0.336 e. The summed E-state index contributed by atoms with van der Waals surface area (Å²) in [5.74, 6) is 0.593. The summed E-state index contributed by atoms with van der Waals surface area (Å²) in [5.41, 5.74) is 1.68. The first-order chi connectivity index (χ1) is 16.0. The zero-order valence-electron chi connectivity index (χ0n) is 18.1. The average Bonchev–Trinajstić information content (AvgIpc) is 3.43. The fourth-order valence-corrected chi connectivity index (χ4v) is 4.74. The maximum absolute atomic E-state index is 12.8. The molecular formula is C25H23NO5S2. The van der Waals surface area contributed by atoms with Gasteiger partial charge in [-0.2, -0.15) is 0 Å². The van der Waals surface area contributed by atoms with Crippen LogP contribution in [0.25, 0.3) is 12.2 Å². The largest absolute Gasteiger partial charge is 0.497 e. The Morgan fingerprint density at radius 2 is 1.85 bits per heavy atom. The molecule has 2 aromatic carbocycles. The molecule has 2 saturated heterocycles. The SMILES string of the molecule is COc1ccc(/C=C/C(=O)Oc2ccc(/C=C3\SC(=S)N(CC4CCCO4)C3=O)cc2)cc1. The molecule has 1 atom stereocenters. The minimum absolute atomic E-state index is 0.0552. The number of ether oxygens (including phenoxy) is 3. The molecule has 0 saturated carbocycles. The first-order valence-electron chi connectivity index (χ1n) is 10.5. The van der Waals surface area contributed by atoms with E-state index >= 15 is 0 Å². The van der Waals surface area contributed by atoms with Crippen molar-refractivity contribution in [3.05, 3.63) is 70.6 Å². The van der Waals surface area contributed by atoms with E-state index in [4.69, 9.17) is 26.4 Å². The number of rotatable bonds is 7. The van der Waals surface area contributed by atoms with Gasteiger partial charge in [0.05, 0.1) is 24.7 Å².